The van der Waals surface area contributed by atoms with Crippen LogP contribution >= 0.6 is 0 Å². The highest BCUT2D eigenvalue weighted by Crippen LogP contribution is 2.27. The van der Waals surface area contributed by atoms with Crippen LogP contribution < -0.4 is 5.73 Å². The van der Waals surface area contributed by atoms with Crippen molar-refractivity contribution in [1.29, 1.82) is 0 Å². The number of nitrogens with zero attached hydrogens (tertiary/aromatic N) is 1. The zero-order valence-electron chi connectivity index (χ0n) is 13.4. The van der Waals surface area contributed by atoms with Crippen LogP contribution in [-0.2, 0) is 4.79 Å². The molecule has 0 aromatic heterocycles. The Morgan fingerprint density at radius 3 is 2.13 bits per heavy atom. The predicted octanol–water partition coefficient (Wildman–Crippen LogP) is 3.02. The molecule has 0 aliphatic carbocycles. The number of piperidine rings is 1. The fraction of sp³-hybridized carbons (Fsp3) is 0.350. The van der Waals surface area contributed by atoms with E-state index in [1.165, 1.54) is 11.1 Å². The van der Waals surface area contributed by atoms with Gasteiger partial charge in [-0.2, -0.15) is 0 Å². The van der Waals surface area contributed by atoms with Gasteiger partial charge in [-0.1, -0.05) is 60.7 Å². The molecule has 0 spiro atoms. The molecule has 3 heteroatoms. The molecule has 23 heavy (non-hydrogen) atoms. The molecule has 2 aromatic carbocycles. The van der Waals surface area contributed by atoms with Gasteiger partial charge in [-0.3, -0.25) is 4.79 Å². The number of likely N-dealkylation sites (tertiary alicyclic amines) is 1. The summed E-state index contributed by atoms with van der Waals surface area (Å²) >= 11 is 0. The molecule has 1 aliphatic rings. The smallest absolute Gasteiger partial charge is 0.221 e. The van der Waals surface area contributed by atoms with E-state index < -0.39 is 0 Å². The number of benzene rings is 2. The van der Waals surface area contributed by atoms with E-state index in [4.69, 9.17) is 5.73 Å². The van der Waals surface area contributed by atoms with Crippen molar-refractivity contribution in [2.24, 2.45) is 11.7 Å². The minimum absolute atomic E-state index is 0.00375. The van der Waals surface area contributed by atoms with Crippen molar-refractivity contribution in [2.75, 3.05) is 19.6 Å². The first-order valence-electron chi connectivity index (χ1n) is 8.35. The van der Waals surface area contributed by atoms with Crippen molar-refractivity contribution in [2.45, 2.75) is 18.8 Å². The third kappa shape index (κ3) is 3.99. The van der Waals surface area contributed by atoms with Crippen molar-refractivity contribution in [3.05, 3.63) is 71.8 Å². The number of rotatable bonds is 5. The van der Waals surface area contributed by atoms with Crippen molar-refractivity contribution in [1.82, 2.24) is 4.90 Å². The molecule has 0 bridgehead atoms. The van der Waals surface area contributed by atoms with Crippen LogP contribution in [0.25, 0.3) is 0 Å². The van der Waals surface area contributed by atoms with E-state index in [2.05, 4.69) is 65.6 Å². The summed E-state index contributed by atoms with van der Waals surface area (Å²) in [6, 6.07) is 21.2. The number of carbonyl (C=O) groups excluding carboxylic acids is 1. The summed E-state index contributed by atoms with van der Waals surface area (Å²) in [6.45, 7) is 2.75. The highest BCUT2D eigenvalue weighted by Gasteiger charge is 2.26. The maximum atomic E-state index is 11.5. The quantitative estimate of drug-likeness (QED) is 0.923. The molecule has 0 saturated carbocycles. The van der Waals surface area contributed by atoms with Crippen LogP contribution in [0.2, 0.25) is 0 Å². The molecule has 0 radical (unpaired) electrons. The molecule has 2 N–H and O–H groups in total. The molecule has 0 unspecified atom stereocenters. The average Bonchev–Trinajstić information content (AvgIpc) is 2.61. The lowest BCUT2D eigenvalue weighted by Crippen LogP contribution is -2.42. The van der Waals surface area contributed by atoms with Gasteiger partial charge in [-0.25, -0.2) is 0 Å². The Labute approximate surface area is 138 Å². The zero-order chi connectivity index (χ0) is 16.1. The van der Waals surface area contributed by atoms with Crippen molar-refractivity contribution < 1.29 is 4.79 Å². The summed E-state index contributed by atoms with van der Waals surface area (Å²) < 4.78 is 0. The van der Waals surface area contributed by atoms with Crippen LogP contribution in [0.1, 0.15) is 29.9 Å². The fourth-order valence-electron chi connectivity index (χ4n) is 3.49. The number of amides is 1. The number of hydrogen-bond acceptors (Lipinski definition) is 2. The van der Waals surface area contributed by atoms with Gasteiger partial charge in [0.05, 0.1) is 5.92 Å². The van der Waals surface area contributed by atoms with Gasteiger partial charge in [0.2, 0.25) is 5.91 Å². The first kappa shape index (κ1) is 15.8. The van der Waals surface area contributed by atoms with Crippen molar-refractivity contribution in [3.8, 4) is 0 Å². The minimum atomic E-state index is -0.161. The lowest BCUT2D eigenvalue weighted by atomic mass is 9.89. The van der Waals surface area contributed by atoms with E-state index in [1.54, 1.807) is 0 Å². The van der Waals surface area contributed by atoms with Gasteiger partial charge in [0.15, 0.2) is 0 Å². The summed E-state index contributed by atoms with van der Waals surface area (Å²) in [6.07, 6.45) is 1.97. The van der Waals surface area contributed by atoms with E-state index in [9.17, 15) is 4.79 Å². The van der Waals surface area contributed by atoms with Crippen LogP contribution in [0.4, 0.5) is 0 Å². The summed E-state index contributed by atoms with van der Waals surface area (Å²) in [5.41, 5.74) is 8.16. The minimum Gasteiger partial charge on any atom is -0.369 e. The Morgan fingerprint density at radius 2 is 1.61 bits per heavy atom. The third-order valence-corrected chi connectivity index (χ3v) is 4.75. The van der Waals surface area contributed by atoms with Crippen LogP contribution in [0.5, 0.6) is 0 Å². The van der Waals surface area contributed by atoms with E-state index in [-0.39, 0.29) is 11.8 Å². The number of carbonyl (C=O) groups is 1. The number of hydrogen-bond donors (Lipinski definition) is 1. The first-order chi connectivity index (χ1) is 11.2. The molecule has 1 saturated heterocycles. The highest BCUT2D eigenvalue weighted by atomic mass is 16.1. The molecular formula is C20H24N2O. The van der Waals surface area contributed by atoms with Gasteiger partial charge in [-0.15, -0.1) is 0 Å². The lowest BCUT2D eigenvalue weighted by Gasteiger charge is -2.34. The Bertz CT molecular complexity index is 587. The summed E-state index contributed by atoms with van der Waals surface area (Å²) in [4.78, 5) is 13.9. The SMILES string of the molecule is NC(=O)[C@H]1CCCN(CC(c2ccccc2)c2ccccc2)C1. The van der Waals surface area contributed by atoms with Crippen molar-refractivity contribution in [3.63, 3.8) is 0 Å². The first-order valence-corrected chi connectivity index (χ1v) is 8.35. The van der Waals surface area contributed by atoms with Crippen molar-refractivity contribution >= 4 is 5.91 Å². The Kier molecular flexibility index (Phi) is 5.09. The maximum Gasteiger partial charge on any atom is 0.221 e. The normalized spacial score (nSPS) is 18.9. The van der Waals surface area contributed by atoms with Crippen LogP contribution in [0.3, 0.4) is 0 Å². The number of nitrogens with two attached hydrogens (primary N) is 1. The van der Waals surface area contributed by atoms with Crippen LogP contribution in [-0.4, -0.2) is 30.4 Å². The Morgan fingerprint density at radius 1 is 1.04 bits per heavy atom. The molecule has 1 fully saturated rings. The predicted molar refractivity (Wildman–Crippen MR) is 93.1 cm³/mol. The summed E-state index contributed by atoms with van der Waals surface area (Å²) in [7, 11) is 0. The van der Waals surface area contributed by atoms with Crippen LogP contribution in [0.15, 0.2) is 60.7 Å². The summed E-state index contributed by atoms with van der Waals surface area (Å²) in [5, 5.41) is 0. The second kappa shape index (κ2) is 7.42. The van der Waals surface area contributed by atoms with Gasteiger partial charge < -0.3 is 10.6 Å². The van der Waals surface area contributed by atoms with Crippen LogP contribution in [0, 0.1) is 5.92 Å². The second-order valence-corrected chi connectivity index (χ2v) is 6.38. The highest BCUT2D eigenvalue weighted by molar-refractivity contribution is 5.76. The van der Waals surface area contributed by atoms with E-state index in [1.807, 2.05) is 0 Å². The summed E-state index contributed by atoms with van der Waals surface area (Å²) in [5.74, 6) is 0.158. The van der Waals surface area contributed by atoms with Gasteiger partial charge in [0.1, 0.15) is 0 Å². The molecule has 1 heterocycles. The maximum absolute atomic E-state index is 11.5. The largest absolute Gasteiger partial charge is 0.369 e. The third-order valence-electron chi connectivity index (χ3n) is 4.75. The number of primary amides is 1. The molecular weight excluding hydrogens is 284 g/mol. The zero-order valence-corrected chi connectivity index (χ0v) is 13.4. The topological polar surface area (TPSA) is 46.3 Å². The van der Waals surface area contributed by atoms with Gasteiger partial charge in [0.25, 0.3) is 0 Å². The van der Waals surface area contributed by atoms with E-state index >= 15 is 0 Å². The standard InChI is InChI=1S/C20H24N2O/c21-20(23)18-12-7-13-22(14-18)15-19(16-8-3-1-4-9-16)17-10-5-2-6-11-17/h1-6,8-11,18-19H,7,12-15H2,(H2,21,23)/t18-/m0/s1. The average molecular weight is 308 g/mol. The Hall–Kier alpha value is -2.13. The van der Waals surface area contributed by atoms with Gasteiger partial charge in [0, 0.05) is 19.0 Å². The van der Waals surface area contributed by atoms with E-state index in [0.717, 1.165) is 32.5 Å². The van der Waals surface area contributed by atoms with Gasteiger partial charge in [-0.05, 0) is 30.5 Å². The van der Waals surface area contributed by atoms with Gasteiger partial charge >= 0.3 is 0 Å². The monoisotopic (exact) mass is 308 g/mol. The Balaban J connectivity index is 1.81. The second-order valence-electron chi connectivity index (χ2n) is 6.38. The molecule has 3 nitrogen and oxygen atoms in total. The fourth-order valence-corrected chi connectivity index (χ4v) is 3.49. The molecule has 2 aromatic rings. The molecule has 1 aliphatic heterocycles. The molecule has 1 amide bonds. The lowest BCUT2D eigenvalue weighted by molar-refractivity contribution is -0.123. The molecule has 3 rings (SSSR count). The molecule has 120 valence electrons. The molecule has 1 atom stereocenters. The van der Waals surface area contributed by atoms with E-state index in [0.29, 0.717) is 5.92 Å².